The average Bonchev–Trinajstić information content (AvgIpc) is 3.60. The normalized spacial score (nSPS) is 13.8. The highest BCUT2D eigenvalue weighted by Gasteiger charge is 2.35. The maximum absolute atomic E-state index is 13.5. The lowest BCUT2D eigenvalue weighted by Gasteiger charge is -2.18. The SMILES string of the molecule is C=C(CCNc1cccc2c(C(=C)C(F)(F)F)nc(/C=C/CNC(=O)C3CC3)cc12)N(C)C. The minimum Gasteiger partial charge on any atom is -0.384 e. The number of nitrogens with one attached hydrogen (secondary N) is 2. The number of alkyl halides is 3. The van der Waals surface area contributed by atoms with Crippen molar-refractivity contribution in [3.05, 3.63) is 60.6 Å². The first-order chi connectivity index (χ1) is 15.6. The van der Waals surface area contributed by atoms with Gasteiger partial charge in [0, 0.05) is 61.7 Å². The van der Waals surface area contributed by atoms with Gasteiger partial charge in [0.15, 0.2) is 0 Å². The quantitative estimate of drug-likeness (QED) is 0.512. The van der Waals surface area contributed by atoms with Gasteiger partial charge in [-0.2, -0.15) is 13.2 Å². The van der Waals surface area contributed by atoms with Gasteiger partial charge in [-0.1, -0.05) is 31.4 Å². The van der Waals surface area contributed by atoms with Gasteiger partial charge in [-0.25, -0.2) is 4.98 Å². The van der Waals surface area contributed by atoms with E-state index in [9.17, 15) is 18.0 Å². The summed E-state index contributed by atoms with van der Waals surface area (Å²) in [6, 6.07) is 6.88. The second kappa shape index (κ2) is 10.1. The Balaban J connectivity index is 1.90. The van der Waals surface area contributed by atoms with Crippen LogP contribution in [0.2, 0.25) is 0 Å². The summed E-state index contributed by atoms with van der Waals surface area (Å²) in [6.45, 7) is 8.12. The molecular formula is C25H29F3N4O. The second-order valence-corrected chi connectivity index (χ2v) is 8.33. The molecule has 1 aliphatic carbocycles. The van der Waals surface area contributed by atoms with Gasteiger partial charge in [0.1, 0.15) is 0 Å². The lowest BCUT2D eigenvalue weighted by molar-refractivity contribution is -0.122. The molecule has 0 aliphatic heterocycles. The first-order valence-electron chi connectivity index (χ1n) is 10.8. The molecule has 1 aliphatic rings. The van der Waals surface area contributed by atoms with Gasteiger partial charge in [-0.05, 0) is 31.1 Å². The number of nitrogens with zero attached hydrogens (tertiary/aromatic N) is 2. The van der Waals surface area contributed by atoms with Crippen LogP contribution in [0.25, 0.3) is 22.4 Å². The summed E-state index contributed by atoms with van der Waals surface area (Å²) in [4.78, 5) is 17.9. The monoisotopic (exact) mass is 458 g/mol. The van der Waals surface area contributed by atoms with Crippen LogP contribution in [0.4, 0.5) is 18.9 Å². The second-order valence-electron chi connectivity index (χ2n) is 8.33. The zero-order valence-corrected chi connectivity index (χ0v) is 18.9. The number of allylic oxidation sites excluding steroid dienone is 1. The summed E-state index contributed by atoms with van der Waals surface area (Å²) in [6.07, 6.45) is 1.19. The Labute approximate surface area is 192 Å². The van der Waals surface area contributed by atoms with E-state index < -0.39 is 11.7 Å². The molecule has 2 N–H and O–H groups in total. The molecule has 1 heterocycles. The van der Waals surface area contributed by atoms with Gasteiger partial charge in [0.05, 0.1) is 17.0 Å². The number of amides is 1. The van der Waals surface area contributed by atoms with Crippen molar-refractivity contribution in [3.8, 4) is 0 Å². The number of carbonyl (C=O) groups is 1. The average molecular weight is 459 g/mol. The number of halogens is 3. The molecule has 1 aromatic heterocycles. The van der Waals surface area contributed by atoms with E-state index in [1.54, 1.807) is 30.4 Å². The number of carbonyl (C=O) groups excluding carboxylic acids is 1. The van der Waals surface area contributed by atoms with E-state index in [0.29, 0.717) is 35.1 Å². The fourth-order valence-corrected chi connectivity index (χ4v) is 3.29. The van der Waals surface area contributed by atoms with Gasteiger partial charge < -0.3 is 15.5 Å². The van der Waals surface area contributed by atoms with Crippen molar-refractivity contribution < 1.29 is 18.0 Å². The van der Waals surface area contributed by atoms with Crippen molar-refractivity contribution >= 4 is 34.0 Å². The zero-order valence-electron chi connectivity index (χ0n) is 18.9. The van der Waals surface area contributed by atoms with Crippen molar-refractivity contribution in [3.63, 3.8) is 0 Å². The van der Waals surface area contributed by atoms with Crippen molar-refractivity contribution in [1.29, 1.82) is 0 Å². The summed E-state index contributed by atoms with van der Waals surface area (Å²) in [5, 5.41) is 7.08. The third-order valence-corrected chi connectivity index (χ3v) is 5.51. The number of rotatable bonds is 10. The van der Waals surface area contributed by atoms with Gasteiger partial charge in [0.2, 0.25) is 5.91 Å². The molecule has 0 bridgehead atoms. The topological polar surface area (TPSA) is 57.3 Å². The molecule has 1 amide bonds. The Morgan fingerprint density at radius 3 is 2.61 bits per heavy atom. The largest absolute Gasteiger partial charge is 0.417 e. The van der Waals surface area contributed by atoms with Crippen molar-refractivity contribution in [2.75, 3.05) is 32.5 Å². The van der Waals surface area contributed by atoms with Gasteiger partial charge in [-0.3, -0.25) is 4.79 Å². The molecule has 3 rings (SSSR count). The van der Waals surface area contributed by atoms with Gasteiger partial charge in [0.25, 0.3) is 0 Å². The van der Waals surface area contributed by atoms with E-state index in [4.69, 9.17) is 0 Å². The Morgan fingerprint density at radius 2 is 1.97 bits per heavy atom. The van der Waals surface area contributed by atoms with Crippen LogP contribution in [0, 0.1) is 5.92 Å². The minimum atomic E-state index is -4.60. The summed E-state index contributed by atoms with van der Waals surface area (Å²) in [5.41, 5.74) is 0.795. The maximum atomic E-state index is 13.5. The van der Waals surface area contributed by atoms with Crippen LogP contribution in [0.15, 0.2) is 49.2 Å². The molecule has 1 aromatic carbocycles. The summed E-state index contributed by atoms with van der Waals surface area (Å²) in [7, 11) is 3.82. The molecule has 33 heavy (non-hydrogen) atoms. The molecule has 0 saturated heterocycles. The van der Waals surface area contributed by atoms with Crippen molar-refractivity contribution in [2.24, 2.45) is 5.92 Å². The fraction of sp³-hybridized carbons (Fsp3) is 0.360. The Morgan fingerprint density at radius 1 is 1.24 bits per heavy atom. The molecule has 2 aromatic rings. The first kappa shape index (κ1) is 24.4. The van der Waals surface area contributed by atoms with E-state index in [0.717, 1.165) is 18.5 Å². The first-order valence-corrected chi connectivity index (χ1v) is 10.8. The Bertz CT molecular complexity index is 1080. The van der Waals surface area contributed by atoms with Gasteiger partial charge in [-0.15, -0.1) is 0 Å². The van der Waals surface area contributed by atoms with Crippen molar-refractivity contribution in [2.45, 2.75) is 25.4 Å². The predicted molar refractivity (Wildman–Crippen MR) is 128 cm³/mol. The third kappa shape index (κ3) is 6.37. The van der Waals surface area contributed by atoms with Gasteiger partial charge >= 0.3 is 6.18 Å². The molecule has 0 spiro atoms. The minimum absolute atomic E-state index is 0.00283. The van der Waals surface area contributed by atoms with Crippen LogP contribution >= 0.6 is 0 Å². The number of hydrogen-bond donors (Lipinski definition) is 2. The highest BCUT2D eigenvalue weighted by molar-refractivity contribution is 6.00. The number of pyridine rings is 1. The van der Waals surface area contributed by atoms with Crippen LogP contribution in [0.5, 0.6) is 0 Å². The number of hydrogen-bond acceptors (Lipinski definition) is 4. The van der Waals surface area contributed by atoms with Crippen molar-refractivity contribution in [1.82, 2.24) is 15.2 Å². The predicted octanol–water partition coefficient (Wildman–Crippen LogP) is 5.23. The highest BCUT2D eigenvalue weighted by Crippen LogP contribution is 2.37. The number of aromatic nitrogens is 1. The molecule has 1 saturated carbocycles. The standard InChI is InChI=1S/C25H29F3N4O/c1-16(32(3)4)12-14-29-22-9-5-8-20-21(22)15-19(31-23(20)17(2)25(26,27)28)7-6-13-30-24(33)18-10-11-18/h5-9,15,18,29H,1-2,10-14H2,3-4H3,(H,30,33)/b7-6+. The molecule has 1 fully saturated rings. The maximum Gasteiger partial charge on any atom is 0.417 e. The molecule has 5 nitrogen and oxygen atoms in total. The fourth-order valence-electron chi connectivity index (χ4n) is 3.29. The smallest absolute Gasteiger partial charge is 0.384 e. The van der Waals surface area contributed by atoms with E-state index in [1.165, 1.54) is 0 Å². The Hall–Kier alpha value is -3.29. The highest BCUT2D eigenvalue weighted by atomic mass is 19.4. The summed E-state index contributed by atoms with van der Waals surface area (Å²) < 4.78 is 40.5. The molecular weight excluding hydrogens is 429 g/mol. The lowest BCUT2D eigenvalue weighted by Crippen LogP contribution is -2.24. The van der Waals surface area contributed by atoms with Crippen LogP contribution < -0.4 is 10.6 Å². The molecule has 176 valence electrons. The zero-order chi connectivity index (χ0) is 24.2. The summed E-state index contributed by atoms with van der Waals surface area (Å²) in [5.74, 6) is 0.0965. The van der Waals surface area contributed by atoms with Crippen LogP contribution in [-0.4, -0.2) is 49.2 Å². The third-order valence-electron chi connectivity index (χ3n) is 5.51. The molecule has 0 unspecified atom stereocenters. The van der Waals surface area contributed by atoms with E-state index in [-0.39, 0.29) is 24.1 Å². The molecule has 0 radical (unpaired) electrons. The number of anilines is 1. The lowest BCUT2D eigenvalue weighted by atomic mass is 10.0. The van der Waals surface area contributed by atoms with E-state index in [1.807, 2.05) is 25.1 Å². The van der Waals surface area contributed by atoms with Crippen LogP contribution in [0.3, 0.4) is 0 Å². The number of fused-ring (bicyclic) bond motifs is 1. The molecule has 0 atom stereocenters. The summed E-state index contributed by atoms with van der Waals surface area (Å²) >= 11 is 0. The number of benzene rings is 1. The van der Waals surface area contributed by atoms with E-state index >= 15 is 0 Å². The van der Waals surface area contributed by atoms with E-state index in [2.05, 4.69) is 28.8 Å². The van der Waals surface area contributed by atoms with Crippen LogP contribution in [0.1, 0.15) is 30.7 Å². The Kier molecular flexibility index (Phi) is 7.46. The van der Waals surface area contributed by atoms with Crippen LogP contribution in [-0.2, 0) is 4.79 Å². The molecule has 8 heteroatoms.